The van der Waals surface area contributed by atoms with E-state index in [9.17, 15) is 8.42 Å². The molecule has 1 aliphatic heterocycles. The number of hydrogen-bond donors (Lipinski definition) is 1. The van der Waals surface area contributed by atoms with Gasteiger partial charge in [-0.15, -0.1) is 0 Å². The van der Waals surface area contributed by atoms with Crippen molar-refractivity contribution in [2.45, 2.75) is 36.8 Å². The summed E-state index contributed by atoms with van der Waals surface area (Å²) in [5, 5.41) is 5.10. The maximum Gasteiger partial charge on any atom is 0.209 e. The summed E-state index contributed by atoms with van der Waals surface area (Å²) in [7, 11) is -3.34. The van der Waals surface area contributed by atoms with Gasteiger partial charge in [0.1, 0.15) is 0 Å². The van der Waals surface area contributed by atoms with Gasteiger partial charge in [0.25, 0.3) is 0 Å². The molecule has 2 unspecified atom stereocenters. The van der Waals surface area contributed by atoms with Gasteiger partial charge in [0, 0.05) is 6.04 Å². The molecule has 2 N–H and O–H groups in total. The SMILES string of the molecule is CC(C)N1CCCC(CS(N)(=O)=O)C1I. The first-order valence-electron chi connectivity index (χ1n) is 5.21. The van der Waals surface area contributed by atoms with Crippen LogP contribution in [0.25, 0.3) is 0 Å². The van der Waals surface area contributed by atoms with Gasteiger partial charge < -0.3 is 0 Å². The van der Waals surface area contributed by atoms with Gasteiger partial charge >= 0.3 is 0 Å². The smallest absolute Gasteiger partial charge is 0.209 e. The molecule has 0 radical (unpaired) electrons. The van der Waals surface area contributed by atoms with Gasteiger partial charge in [-0.2, -0.15) is 0 Å². The fourth-order valence-electron chi connectivity index (χ4n) is 2.07. The zero-order chi connectivity index (χ0) is 11.6. The minimum absolute atomic E-state index is 0.115. The van der Waals surface area contributed by atoms with Crippen LogP contribution in [-0.2, 0) is 10.0 Å². The van der Waals surface area contributed by atoms with Crippen molar-refractivity contribution in [1.29, 1.82) is 0 Å². The lowest BCUT2D eigenvalue weighted by Gasteiger charge is -2.40. The minimum atomic E-state index is -3.34. The monoisotopic (exact) mass is 346 g/mol. The number of piperidine rings is 1. The summed E-state index contributed by atoms with van der Waals surface area (Å²) >= 11 is 2.34. The molecule has 0 aromatic heterocycles. The Labute approximate surface area is 106 Å². The maximum atomic E-state index is 11.1. The van der Waals surface area contributed by atoms with Crippen molar-refractivity contribution < 1.29 is 8.42 Å². The molecular formula is C9H19IN2O2S. The first kappa shape index (κ1) is 13.7. The van der Waals surface area contributed by atoms with E-state index in [0.717, 1.165) is 19.4 Å². The van der Waals surface area contributed by atoms with E-state index in [4.69, 9.17) is 5.14 Å². The summed E-state index contributed by atoms with van der Waals surface area (Å²) in [6.07, 6.45) is 2.03. The molecular weight excluding hydrogens is 327 g/mol. The summed E-state index contributed by atoms with van der Waals surface area (Å²) in [5.74, 6) is 0.292. The molecule has 0 amide bonds. The van der Waals surface area contributed by atoms with Crippen LogP contribution in [-0.4, -0.2) is 35.7 Å². The Hall–Kier alpha value is 0.600. The summed E-state index contributed by atoms with van der Waals surface area (Å²) in [6, 6.07) is 0.468. The molecule has 6 heteroatoms. The van der Waals surface area contributed by atoms with Crippen LogP contribution in [0.4, 0.5) is 0 Å². The second kappa shape index (κ2) is 5.29. The van der Waals surface area contributed by atoms with Crippen molar-refractivity contribution in [2.24, 2.45) is 11.1 Å². The van der Waals surface area contributed by atoms with Gasteiger partial charge in [0.2, 0.25) is 10.0 Å². The highest BCUT2D eigenvalue weighted by atomic mass is 127. The first-order chi connectivity index (χ1) is 6.81. The predicted molar refractivity (Wildman–Crippen MR) is 70.3 cm³/mol. The van der Waals surface area contributed by atoms with Crippen LogP contribution in [0.3, 0.4) is 0 Å². The van der Waals surface area contributed by atoms with Gasteiger partial charge in [-0.3, -0.25) is 4.90 Å². The Kier molecular flexibility index (Phi) is 4.82. The summed E-state index contributed by atoms with van der Waals surface area (Å²) in [5.41, 5.74) is 0. The third-order valence-corrected chi connectivity index (χ3v) is 5.43. The number of likely N-dealkylation sites (tertiary alicyclic amines) is 1. The highest BCUT2D eigenvalue weighted by molar-refractivity contribution is 14.1. The molecule has 1 rings (SSSR count). The van der Waals surface area contributed by atoms with Crippen LogP contribution >= 0.6 is 22.6 Å². The third kappa shape index (κ3) is 4.16. The van der Waals surface area contributed by atoms with E-state index in [2.05, 4.69) is 41.3 Å². The van der Waals surface area contributed by atoms with Crippen LogP contribution in [0.1, 0.15) is 26.7 Å². The molecule has 1 saturated heterocycles. The minimum Gasteiger partial charge on any atom is -0.289 e. The van der Waals surface area contributed by atoms with Gasteiger partial charge in [0.15, 0.2) is 0 Å². The fourth-order valence-corrected chi connectivity index (χ4v) is 4.90. The Bertz CT molecular complexity index is 305. The van der Waals surface area contributed by atoms with E-state index < -0.39 is 10.0 Å². The lowest BCUT2D eigenvalue weighted by molar-refractivity contribution is 0.136. The van der Waals surface area contributed by atoms with Crippen molar-refractivity contribution in [3.8, 4) is 0 Å². The molecule has 0 spiro atoms. The van der Waals surface area contributed by atoms with Gasteiger partial charge in [-0.05, 0) is 39.2 Å². The molecule has 1 heterocycles. The number of primary sulfonamides is 1. The van der Waals surface area contributed by atoms with Crippen molar-refractivity contribution >= 4 is 32.6 Å². The molecule has 0 saturated carbocycles. The number of alkyl halides is 1. The number of nitrogens with zero attached hydrogens (tertiary/aromatic N) is 1. The number of hydrogen-bond acceptors (Lipinski definition) is 3. The first-order valence-corrected chi connectivity index (χ1v) is 8.17. The van der Waals surface area contributed by atoms with Crippen LogP contribution in [0, 0.1) is 5.92 Å². The highest BCUT2D eigenvalue weighted by Crippen LogP contribution is 2.30. The third-order valence-electron chi connectivity index (χ3n) is 2.81. The topological polar surface area (TPSA) is 63.4 Å². The largest absolute Gasteiger partial charge is 0.289 e. The molecule has 90 valence electrons. The van der Waals surface area contributed by atoms with Crippen LogP contribution in [0.2, 0.25) is 0 Å². The van der Waals surface area contributed by atoms with Crippen molar-refractivity contribution in [2.75, 3.05) is 12.3 Å². The second-order valence-corrected chi connectivity index (χ2v) is 7.37. The van der Waals surface area contributed by atoms with Gasteiger partial charge in [0.05, 0.1) is 9.80 Å². The zero-order valence-corrected chi connectivity index (χ0v) is 12.2. The van der Waals surface area contributed by atoms with Crippen molar-refractivity contribution in [1.82, 2.24) is 4.90 Å². The molecule has 1 fully saturated rings. The Morgan fingerprint density at radius 1 is 1.53 bits per heavy atom. The average Bonchev–Trinajstić information content (AvgIpc) is 2.05. The number of halogens is 1. The molecule has 0 aromatic rings. The van der Waals surface area contributed by atoms with Gasteiger partial charge in [-0.1, -0.05) is 22.6 Å². The van der Waals surface area contributed by atoms with E-state index in [1.54, 1.807) is 0 Å². The van der Waals surface area contributed by atoms with Crippen molar-refractivity contribution in [3.63, 3.8) is 0 Å². The van der Waals surface area contributed by atoms with Crippen LogP contribution < -0.4 is 5.14 Å². The van der Waals surface area contributed by atoms with E-state index in [-0.39, 0.29) is 15.7 Å². The Morgan fingerprint density at radius 2 is 2.13 bits per heavy atom. The standard InChI is InChI=1S/C9H19IN2O2S/c1-7(2)12-5-3-4-8(9(12)10)6-15(11,13)14/h7-9H,3-6H2,1-2H3,(H2,11,13,14). The van der Waals surface area contributed by atoms with E-state index in [1.807, 2.05) is 0 Å². The quantitative estimate of drug-likeness (QED) is 0.474. The Morgan fingerprint density at radius 3 is 2.60 bits per heavy atom. The zero-order valence-electron chi connectivity index (χ0n) is 9.19. The van der Waals surface area contributed by atoms with Crippen LogP contribution in [0.15, 0.2) is 0 Å². The van der Waals surface area contributed by atoms with Gasteiger partial charge in [-0.25, -0.2) is 13.6 Å². The highest BCUT2D eigenvalue weighted by Gasteiger charge is 2.32. The molecule has 0 aliphatic carbocycles. The summed E-state index contributed by atoms with van der Waals surface area (Å²) in [4.78, 5) is 2.35. The maximum absolute atomic E-state index is 11.1. The second-order valence-electron chi connectivity index (χ2n) is 4.44. The van der Waals surface area contributed by atoms with E-state index >= 15 is 0 Å². The summed E-state index contributed by atoms with van der Waals surface area (Å²) in [6.45, 7) is 5.35. The average molecular weight is 346 g/mol. The van der Waals surface area contributed by atoms with E-state index in [0.29, 0.717) is 6.04 Å². The molecule has 15 heavy (non-hydrogen) atoms. The molecule has 1 aliphatic rings. The number of sulfonamides is 1. The normalized spacial score (nSPS) is 29.7. The Balaban J connectivity index is 2.66. The molecule has 4 nitrogen and oxygen atoms in total. The lowest BCUT2D eigenvalue weighted by Crippen LogP contribution is -2.47. The summed E-state index contributed by atoms with van der Waals surface area (Å²) < 4.78 is 22.4. The molecule has 2 atom stereocenters. The van der Waals surface area contributed by atoms with Crippen LogP contribution in [0.5, 0.6) is 0 Å². The molecule has 0 aromatic carbocycles. The van der Waals surface area contributed by atoms with E-state index in [1.165, 1.54) is 0 Å². The molecule has 0 bridgehead atoms. The number of rotatable bonds is 3. The predicted octanol–water partition coefficient (Wildman–Crippen LogP) is 1.16. The fraction of sp³-hybridized carbons (Fsp3) is 1.00. The van der Waals surface area contributed by atoms with Crippen molar-refractivity contribution in [3.05, 3.63) is 0 Å². The number of nitrogens with two attached hydrogens (primary N) is 1. The lowest BCUT2D eigenvalue weighted by atomic mass is 9.99.